The second-order valence-corrected chi connectivity index (χ2v) is 4.68. The molecule has 0 aliphatic heterocycles. The zero-order chi connectivity index (χ0) is 12.7. The van der Waals surface area contributed by atoms with Gasteiger partial charge >= 0.3 is 5.97 Å². The fourth-order valence-electron chi connectivity index (χ4n) is 1.80. The van der Waals surface area contributed by atoms with Crippen molar-refractivity contribution in [3.05, 3.63) is 34.3 Å². The Morgan fingerprint density at radius 2 is 1.94 bits per heavy atom. The first kappa shape index (κ1) is 14.0. The topological polar surface area (TPSA) is 37.3 Å². The van der Waals surface area contributed by atoms with Gasteiger partial charge in [-0.25, -0.2) is 4.79 Å². The molecule has 0 aliphatic carbocycles. The van der Waals surface area contributed by atoms with Gasteiger partial charge in [0.1, 0.15) is 0 Å². The summed E-state index contributed by atoms with van der Waals surface area (Å²) in [6.07, 6.45) is 7.06. The molecule has 0 aliphatic rings. The Morgan fingerprint density at radius 1 is 1.24 bits per heavy atom. The van der Waals surface area contributed by atoms with Gasteiger partial charge in [0.2, 0.25) is 0 Å². The third-order valence-electron chi connectivity index (χ3n) is 2.85. The van der Waals surface area contributed by atoms with Crippen molar-refractivity contribution in [1.82, 2.24) is 0 Å². The molecule has 3 heteroatoms. The standard InChI is InChI=1S/C14H19ClO2/c1-2-3-4-5-6-7-11-8-9-12(14(16)17)10-13(11)15/h8-10H,2-7H2,1H3,(H,16,17). The summed E-state index contributed by atoms with van der Waals surface area (Å²) in [5.41, 5.74) is 1.30. The maximum absolute atomic E-state index is 10.7. The smallest absolute Gasteiger partial charge is 0.335 e. The molecule has 0 amide bonds. The second kappa shape index (κ2) is 7.33. The lowest BCUT2D eigenvalue weighted by Gasteiger charge is -2.05. The summed E-state index contributed by atoms with van der Waals surface area (Å²) in [5, 5.41) is 9.38. The molecule has 1 aromatic rings. The average Bonchev–Trinajstić information content (AvgIpc) is 2.30. The Hall–Kier alpha value is -1.02. The summed E-state index contributed by atoms with van der Waals surface area (Å²) in [6.45, 7) is 2.20. The molecule has 0 aromatic heterocycles. The predicted molar refractivity (Wildman–Crippen MR) is 70.9 cm³/mol. The zero-order valence-electron chi connectivity index (χ0n) is 10.2. The van der Waals surface area contributed by atoms with Gasteiger partial charge in [0.25, 0.3) is 0 Å². The van der Waals surface area contributed by atoms with E-state index in [2.05, 4.69) is 6.92 Å². The number of aryl methyl sites for hydroxylation is 1. The first-order chi connectivity index (χ1) is 8.15. The number of carboxylic acid groups (broad SMARTS) is 1. The monoisotopic (exact) mass is 254 g/mol. The fourth-order valence-corrected chi connectivity index (χ4v) is 2.08. The Kier molecular flexibility index (Phi) is 6.06. The zero-order valence-corrected chi connectivity index (χ0v) is 11.0. The van der Waals surface area contributed by atoms with E-state index in [1.807, 2.05) is 6.07 Å². The molecule has 0 bridgehead atoms. The number of halogens is 1. The third kappa shape index (κ3) is 4.78. The molecule has 0 atom stereocenters. The van der Waals surface area contributed by atoms with Crippen LogP contribution in [0.4, 0.5) is 0 Å². The molecule has 0 radical (unpaired) electrons. The average molecular weight is 255 g/mol. The summed E-state index contributed by atoms with van der Waals surface area (Å²) >= 11 is 6.05. The maximum Gasteiger partial charge on any atom is 0.335 e. The van der Waals surface area contributed by atoms with Crippen LogP contribution >= 0.6 is 11.6 Å². The van der Waals surface area contributed by atoms with Crippen LogP contribution in [0.2, 0.25) is 5.02 Å². The van der Waals surface area contributed by atoms with E-state index in [1.165, 1.54) is 31.7 Å². The summed E-state index contributed by atoms with van der Waals surface area (Å²) < 4.78 is 0. The lowest BCUT2D eigenvalue weighted by molar-refractivity contribution is 0.0697. The Labute approximate surface area is 108 Å². The predicted octanol–water partition coefficient (Wildman–Crippen LogP) is 4.55. The lowest BCUT2D eigenvalue weighted by Crippen LogP contribution is -1.97. The van der Waals surface area contributed by atoms with Crippen LogP contribution in [-0.2, 0) is 6.42 Å². The minimum atomic E-state index is -0.929. The molecule has 0 fully saturated rings. The van der Waals surface area contributed by atoms with Gasteiger partial charge in [-0.1, -0.05) is 50.3 Å². The van der Waals surface area contributed by atoms with Crippen LogP contribution in [-0.4, -0.2) is 11.1 Å². The van der Waals surface area contributed by atoms with Gasteiger partial charge in [-0.3, -0.25) is 0 Å². The van der Waals surface area contributed by atoms with Crippen LogP contribution in [0.15, 0.2) is 18.2 Å². The molecular weight excluding hydrogens is 236 g/mol. The fraction of sp³-hybridized carbons (Fsp3) is 0.500. The molecule has 0 unspecified atom stereocenters. The van der Waals surface area contributed by atoms with Crippen molar-refractivity contribution in [2.24, 2.45) is 0 Å². The number of unbranched alkanes of at least 4 members (excludes halogenated alkanes) is 4. The van der Waals surface area contributed by atoms with E-state index in [-0.39, 0.29) is 5.56 Å². The van der Waals surface area contributed by atoms with Crippen LogP contribution < -0.4 is 0 Å². The van der Waals surface area contributed by atoms with E-state index in [0.717, 1.165) is 18.4 Å². The van der Waals surface area contributed by atoms with Crippen LogP contribution in [0.25, 0.3) is 0 Å². The molecular formula is C14H19ClO2. The van der Waals surface area contributed by atoms with E-state index in [9.17, 15) is 4.79 Å². The molecule has 0 spiro atoms. The molecule has 1 rings (SSSR count). The minimum Gasteiger partial charge on any atom is -0.478 e. The highest BCUT2D eigenvalue weighted by atomic mass is 35.5. The molecule has 0 saturated heterocycles. The lowest BCUT2D eigenvalue weighted by atomic mass is 10.0. The van der Waals surface area contributed by atoms with Crippen molar-refractivity contribution in [2.45, 2.75) is 45.4 Å². The summed E-state index contributed by atoms with van der Waals surface area (Å²) in [7, 11) is 0. The Balaban J connectivity index is 2.46. The first-order valence-corrected chi connectivity index (χ1v) is 6.54. The molecule has 1 aromatic carbocycles. The minimum absolute atomic E-state index is 0.254. The Bertz CT molecular complexity index is 374. The van der Waals surface area contributed by atoms with Crippen LogP contribution in [0.3, 0.4) is 0 Å². The van der Waals surface area contributed by atoms with Crippen LogP contribution in [0, 0.1) is 0 Å². The van der Waals surface area contributed by atoms with Crippen molar-refractivity contribution >= 4 is 17.6 Å². The van der Waals surface area contributed by atoms with Crippen molar-refractivity contribution in [1.29, 1.82) is 0 Å². The van der Waals surface area contributed by atoms with E-state index in [4.69, 9.17) is 16.7 Å². The molecule has 1 N–H and O–H groups in total. The number of carbonyl (C=O) groups is 1. The molecule has 94 valence electrons. The number of carboxylic acids is 1. The van der Waals surface area contributed by atoms with Gasteiger partial charge in [-0.05, 0) is 30.5 Å². The Morgan fingerprint density at radius 3 is 2.53 bits per heavy atom. The van der Waals surface area contributed by atoms with Gasteiger partial charge in [-0.15, -0.1) is 0 Å². The number of benzene rings is 1. The van der Waals surface area contributed by atoms with Gasteiger partial charge in [0.05, 0.1) is 5.56 Å². The van der Waals surface area contributed by atoms with Crippen LogP contribution in [0.1, 0.15) is 54.9 Å². The van der Waals surface area contributed by atoms with Crippen molar-refractivity contribution < 1.29 is 9.90 Å². The van der Waals surface area contributed by atoms with E-state index in [1.54, 1.807) is 6.07 Å². The second-order valence-electron chi connectivity index (χ2n) is 4.28. The summed E-state index contributed by atoms with van der Waals surface area (Å²) in [5.74, 6) is -0.929. The van der Waals surface area contributed by atoms with E-state index >= 15 is 0 Å². The highest BCUT2D eigenvalue weighted by molar-refractivity contribution is 6.31. The number of rotatable bonds is 7. The van der Waals surface area contributed by atoms with Crippen LogP contribution in [0.5, 0.6) is 0 Å². The SMILES string of the molecule is CCCCCCCc1ccc(C(=O)O)cc1Cl. The van der Waals surface area contributed by atoms with Crippen molar-refractivity contribution in [2.75, 3.05) is 0 Å². The van der Waals surface area contributed by atoms with Gasteiger partial charge < -0.3 is 5.11 Å². The summed E-state index contributed by atoms with van der Waals surface area (Å²) in [4.78, 5) is 10.7. The number of hydrogen-bond donors (Lipinski definition) is 1. The van der Waals surface area contributed by atoms with E-state index in [0.29, 0.717) is 5.02 Å². The van der Waals surface area contributed by atoms with Crippen molar-refractivity contribution in [3.63, 3.8) is 0 Å². The largest absolute Gasteiger partial charge is 0.478 e. The molecule has 0 heterocycles. The quantitative estimate of drug-likeness (QED) is 0.725. The maximum atomic E-state index is 10.7. The molecule has 17 heavy (non-hydrogen) atoms. The highest BCUT2D eigenvalue weighted by Crippen LogP contribution is 2.20. The number of aromatic carboxylic acids is 1. The number of hydrogen-bond acceptors (Lipinski definition) is 1. The molecule has 2 nitrogen and oxygen atoms in total. The van der Waals surface area contributed by atoms with Crippen molar-refractivity contribution in [3.8, 4) is 0 Å². The first-order valence-electron chi connectivity index (χ1n) is 6.17. The highest BCUT2D eigenvalue weighted by Gasteiger charge is 2.06. The van der Waals surface area contributed by atoms with E-state index < -0.39 is 5.97 Å². The van der Waals surface area contributed by atoms with Gasteiger partial charge in [0.15, 0.2) is 0 Å². The summed E-state index contributed by atoms with van der Waals surface area (Å²) in [6, 6.07) is 4.98. The molecule has 0 saturated carbocycles. The van der Waals surface area contributed by atoms with Gasteiger partial charge in [0, 0.05) is 5.02 Å². The normalized spacial score (nSPS) is 10.5. The van der Waals surface area contributed by atoms with Gasteiger partial charge in [-0.2, -0.15) is 0 Å². The third-order valence-corrected chi connectivity index (χ3v) is 3.20.